The van der Waals surface area contributed by atoms with Crippen LogP contribution in [0.25, 0.3) is 22.4 Å². The number of pyridine rings is 1. The maximum absolute atomic E-state index is 6.14. The molecule has 1 aromatic carbocycles. The quantitative estimate of drug-likeness (QED) is 0.790. The average Bonchev–Trinajstić information content (AvgIpc) is 2.97. The lowest BCUT2D eigenvalue weighted by Crippen LogP contribution is -2.33. The predicted molar refractivity (Wildman–Crippen MR) is 76.9 cm³/mol. The van der Waals surface area contributed by atoms with Crippen LogP contribution in [0.3, 0.4) is 0 Å². The van der Waals surface area contributed by atoms with Gasteiger partial charge in [-0.2, -0.15) is 4.98 Å². The van der Waals surface area contributed by atoms with Crippen LogP contribution in [0, 0.1) is 0 Å². The minimum atomic E-state index is -0.579. The zero-order chi connectivity index (χ0) is 14.2. The minimum Gasteiger partial charge on any atom is -0.334 e. The second-order valence-electron chi connectivity index (χ2n) is 5.07. The van der Waals surface area contributed by atoms with E-state index < -0.39 is 5.54 Å². The van der Waals surface area contributed by atoms with E-state index in [4.69, 9.17) is 10.3 Å². The molecule has 0 aliphatic rings. The fourth-order valence-corrected chi connectivity index (χ4v) is 2.01. The SMILES string of the molecule is CCC(C)(N)c1noc(-c2cccc3ncccc23)n1. The van der Waals surface area contributed by atoms with Gasteiger partial charge in [0.25, 0.3) is 5.89 Å². The summed E-state index contributed by atoms with van der Waals surface area (Å²) >= 11 is 0. The van der Waals surface area contributed by atoms with Crippen molar-refractivity contribution in [1.29, 1.82) is 0 Å². The van der Waals surface area contributed by atoms with Crippen LogP contribution in [0.15, 0.2) is 41.1 Å². The van der Waals surface area contributed by atoms with Gasteiger partial charge in [0.15, 0.2) is 5.82 Å². The molecular weight excluding hydrogens is 252 g/mol. The van der Waals surface area contributed by atoms with Gasteiger partial charge in [0.1, 0.15) is 0 Å². The molecule has 20 heavy (non-hydrogen) atoms. The first-order valence-electron chi connectivity index (χ1n) is 6.59. The summed E-state index contributed by atoms with van der Waals surface area (Å²) in [5.41, 5.74) is 7.34. The zero-order valence-corrected chi connectivity index (χ0v) is 11.5. The Kier molecular flexibility index (Phi) is 2.99. The maximum atomic E-state index is 6.14. The number of benzene rings is 1. The summed E-state index contributed by atoms with van der Waals surface area (Å²) in [6.45, 7) is 3.89. The van der Waals surface area contributed by atoms with Crippen LogP contribution in [0.1, 0.15) is 26.1 Å². The lowest BCUT2D eigenvalue weighted by Gasteiger charge is -2.16. The summed E-state index contributed by atoms with van der Waals surface area (Å²) in [5.74, 6) is 1.000. The number of fused-ring (bicyclic) bond motifs is 1. The third-order valence-corrected chi connectivity index (χ3v) is 3.55. The molecule has 102 valence electrons. The molecule has 5 nitrogen and oxygen atoms in total. The molecule has 1 unspecified atom stereocenters. The second-order valence-corrected chi connectivity index (χ2v) is 5.07. The molecule has 2 aromatic heterocycles. The van der Waals surface area contributed by atoms with Gasteiger partial charge in [-0.05, 0) is 31.5 Å². The van der Waals surface area contributed by atoms with Crippen LogP contribution >= 0.6 is 0 Å². The number of rotatable bonds is 3. The third kappa shape index (κ3) is 2.06. The molecule has 2 heterocycles. The monoisotopic (exact) mass is 268 g/mol. The van der Waals surface area contributed by atoms with Gasteiger partial charge in [-0.1, -0.05) is 24.2 Å². The highest BCUT2D eigenvalue weighted by molar-refractivity contribution is 5.92. The van der Waals surface area contributed by atoms with E-state index in [-0.39, 0.29) is 0 Å². The Bertz CT molecular complexity index is 743. The summed E-state index contributed by atoms with van der Waals surface area (Å²) in [4.78, 5) is 8.77. The van der Waals surface area contributed by atoms with E-state index >= 15 is 0 Å². The number of nitrogens with two attached hydrogens (primary N) is 1. The van der Waals surface area contributed by atoms with Gasteiger partial charge in [0, 0.05) is 17.1 Å². The number of hydrogen-bond donors (Lipinski definition) is 1. The molecule has 0 spiro atoms. The highest BCUT2D eigenvalue weighted by Crippen LogP contribution is 2.28. The lowest BCUT2D eigenvalue weighted by atomic mass is 10.00. The molecular formula is C15H16N4O. The van der Waals surface area contributed by atoms with Crippen molar-refractivity contribution in [2.45, 2.75) is 25.8 Å². The van der Waals surface area contributed by atoms with E-state index in [1.54, 1.807) is 6.20 Å². The van der Waals surface area contributed by atoms with Crippen LogP contribution < -0.4 is 5.73 Å². The molecule has 5 heteroatoms. The first-order chi connectivity index (χ1) is 9.62. The van der Waals surface area contributed by atoms with Gasteiger partial charge >= 0.3 is 0 Å². The molecule has 0 saturated heterocycles. The predicted octanol–water partition coefficient (Wildman–Crippen LogP) is 2.87. The number of nitrogens with zero attached hydrogens (tertiary/aromatic N) is 3. The number of aromatic nitrogens is 3. The highest BCUT2D eigenvalue weighted by atomic mass is 16.5. The molecule has 0 bridgehead atoms. The van der Waals surface area contributed by atoms with Gasteiger partial charge in [-0.15, -0.1) is 0 Å². The van der Waals surface area contributed by atoms with Crippen LogP contribution in [-0.4, -0.2) is 15.1 Å². The fourth-order valence-electron chi connectivity index (χ4n) is 2.01. The standard InChI is InChI=1S/C15H16N4O/c1-3-15(2,16)14-18-13(20-19-14)11-6-4-8-12-10(11)7-5-9-17-12/h4-9H,3,16H2,1-2H3. The third-order valence-electron chi connectivity index (χ3n) is 3.55. The summed E-state index contributed by atoms with van der Waals surface area (Å²) < 4.78 is 5.38. The largest absolute Gasteiger partial charge is 0.334 e. The Balaban J connectivity index is 2.13. The molecule has 1 atom stereocenters. The summed E-state index contributed by atoms with van der Waals surface area (Å²) in [7, 11) is 0. The van der Waals surface area contributed by atoms with Crippen molar-refractivity contribution in [1.82, 2.24) is 15.1 Å². The van der Waals surface area contributed by atoms with Gasteiger partial charge in [-0.25, -0.2) is 0 Å². The van der Waals surface area contributed by atoms with Crippen LogP contribution in [0.4, 0.5) is 0 Å². The van der Waals surface area contributed by atoms with Crippen molar-refractivity contribution in [2.75, 3.05) is 0 Å². The molecule has 0 fully saturated rings. The van der Waals surface area contributed by atoms with Crippen molar-refractivity contribution in [2.24, 2.45) is 5.73 Å². The van der Waals surface area contributed by atoms with Crippen molar-refractivity contribution in [3.05, 3.63) is 42.4 Å². The molecule has 2 N–H and O–H groups in total. The normalized spacial score (nSPS) is 14.3. The molecule has 3 aromatic rings. The van der Waals surface area contributed by atoms with E-state index in [0.29, 0.717) is 11.7 Å². The minimum absolute atomic E-state index is 0.476. The fraction of sp³-hybridized carbons (Fsp3) is 0.267. The van der Waals surface area contributed by atoms with Gasteiger partial charge in [0.05, 0.1) is 11.1 Å². The molecule has 0 aliphatic carbocycles. The average molecular weight is 268 g/mol. The van der Waals surface area contributed by atoms with Crippen molar-refractivity contribution < 1.29 is 4.52 Å². The Hall–Kier alpha value is -2.27. The Labute approximate surface area is 116 Å². The van der Waals surface area contributed by atoms with E-state index in [1.165, 1.54) is 0 Å². The number of hydrogen-bond acceptors (Lipinski definition) is 5. The van der Waals surface area contributed by atoms with Gasteiger partial charge < -0.3 is 10.3 Å². The van der Waals surface area contributed by atoms with Crippen molar-refractivity contribution >= 4 is 10.9 Å². The molecule has 0 radical (unpaired) electrons. The van der Waals surface area contributed by atoms with E-state index in [2.05, 4.69) is 15.1 Å². The first-order valence-corrected chi connectivity index (χ1v) is 6.59. The molecule has 3 rings (SSSR count). The van der Waals surface area contributed by atoms with E-state index in [9.17, 15) is 0 Å². The Morgan fingerprint density at radius 3 is 2.90 bits per heavy atom. The van der Waals surface area contributed by atoms with Crippen LogP contribution in [-0.2, 0) is 5.54 Å². The van der Waals surface area contributed by atoms with E-state index in [0.717, 1.165) is 22.9 Å². The van der Waals surface area contributed by atoms with Crippen molar-refractivity contribution in [3.63, 3.8) is 0 Å². The summed E-state index contributed by atoms with van der Waals surface area (Å²) in [5, 5.41) is 5.00. The topological polar surface area (TPSA) is 77.8 Å². The molecule has 0 amide bonds. The van der Waals surface area contributed by atoms with Crippen LogP contribution in [0.2, 0.25) is 0 Å². The maximum Gasteiger partial charge on any atom is 0.258 e. The van der Waals surface area contributed by atoms with Gasteiger partial charge in [0.2, 0.25) is 0 Å². The summed E-state index contributed by atoms with van der Waals surface area (Å²) in [6, 6.07) is 9.71. The Morgan fingerprint density at radius 1 is 1.25 bits per heavy atom. The smallest absolute Gasteiger partial charge is 0.258 e. The summed E-state index contributed by atoms with van der Waals surface area (Å²) in [6.07, 6.45) is 2.50. The highest BCUT2D eigenvalue weighted by Gasteiger charge is 2.25. The second kappa shape index (κ2) is 4.68. The van der Waals surface area contributed by atoms with Crippen molar-refractivity contribution in [3.8, 4) is 11.5 Å². The lowest BCUT2D eigenvalue weighted by molar-refractivity contribution is 0.379. The molecule has 0 saturated carbocycles. The van der Waals surface area contributed by atoms with Gasteiger partial charge in [-0.3, -0.25) is 4.98 Å². The van der Waals surface area contributed by atoms with Crippen LogP contribution in [0.5, 0.6) is 0 Å². The zero-order valence-electron chi connectivity index (χ0n) is 11.5. The first kappa shape index (κ1) is 12.7. The van der Waals surface area contributed by atoms with E-state index in [1.807, 2.05) is 44.2 Å². The Morgan fingerprint density at radius 2 is 2.10 bits per heavy atom. The molecule has 0 aliphatic heterocycles.